The lowest BCUT2D eigenvalue weighted by molar-refractivity contribution is -0.116. The van der Waals surface area contributed by atoms with Gasteiger partial charge in [-0.05, 0) is 43.5 Å². The van der Waals surface area contributed by atoms with E-state index in [1.54, 1.807) is 4.68 Å². The van der Waals surface area contributed by atoms with Crippen LogP contribution in [0.3, 0.4) is 0 Å². The van der Waals surface area contributed by atoms with E-state index < -0.39 is 0 Å². The van der Waals surface area contributed by atoms with E-state index in [1.807, 2.05) is 61.5 Å². The van der Waals surface area contributed by atoms with Crippen LogP contribution in [0.25, 0.3) is 16.9 Å². The number of hydrogen-bond acceptors (Lipinski definition) is 2. The van der Waals surface area contributed by atoms with Crippen LogP contribution in [0, 0.1) is 12.8 Å². The second-order valence-corrected chi connectivity index (χ2v) is 7.59. The third kappa shape index (κ3) is 4.98. The van der Waals surface area contributed by atoms with Crippen molar-refractivity contribution in [2.45, 2.75) is 33.6 Å². The van der Waals surface area contributed by atoms with Crippen molar-refractivity contribution in [3.63, 3.8) is 0 Å². The fourth-order valence-electron chi connectivity index (χ4n) is 2.74. The van der Waals surface area contributed by atoms with E-state index in [0.29, 0.717) is 23.2 Å². The monoisotopic (exact) mass is 381 g/mol. The molecule has 140 valence electrons. The third-order valence-electron chi connectivity index (χ3n) is 4.34. The first kappa shape index (κ1) is 19.2. The number of aromatic nitrogens is 2. The average molecular weight is 382 g/mol. The molecule has 0 radical (unpaired) electrons. The van der Waals surface area contributed by atoms with Crippen LogP contribution in [0.2, 0.25) is 5.02 Å². The number of carbonyl (C=O) groups is 1. The SMILES string of the molecule is Cc1ccc(-n2nc(-c3ccc(Cl)cc3)cc2NC(=O)CCC(C)C)cc1. The van der Waals surface area contributed by atoms with E-state index in [1.165, 1.54) is 5.56 Å². The van der Waals surface area contributed by atoms with Gasteiger partial charge in [0, 0.05) is 23.1 Å². The number of anilines is 1. The lowest BCUT2D eigenvalue weighted by Gasteiger charge is -2.10. The predicted octanol–water partition coefficient (Wildman–Crippen LogP) is 5.88. The van der Waals surface area contributed by atoms with Crippen LogP contribution in [0.4, 0.5) is 5.82 Å². The highest BCUT2D eigenvalue weighted by molar-refractivity contribution is 6.30. The van der Waals surface area contributed by atoms with Crippen LogP contribution >= 0.6 is 11.6 Å². The summed E-state index contributed by atoms with van der Waals surface area (Å²) in [6, 6.07) is 17.5. The molecule has 1 aromatic heterocycles. The molecule has 0 saturated heterocycles. The molecular formula is C22H24ClN3O. The molecule has 1 amide bonds. The van der Waals surface area contributed by atoms with Gasteiger partial charge < -0.3 is 5.32 Å². The highest BCUT2D eigenvalue weighted by atomic mass is 35.5. The molecule has 0 aliphatic carbocycles. The Morgan fingerprint density at radius 3 is 2.41 bits per heavy atom. The second kappa shape index (κ2) is 8.40. The molecule has 0 unspecified atom stereocenters. The Morgan fingerprint density at radius 2 is 1.78 bits per heavy atom. The molecule has 0 saturated carbocycles. The van der Waals surface area contributed by atoms with Gasteiger partial charge in [-0.1, -0.05) is 55.3 Å². The zero-order valence-electron chi connectivity index (χ0n) is 15.9. The van der Waals surface area contributed by atoms with Gasteiger partial charge in [-0.3, -0.25) is 4.79 Å². The molecule has 1 N–H and O–H groups in total. The average Bonchev–Trinajstić information content (AvgIpc) is 3.05. The van der Waals surface area contributed by atoms with Crippen molar-refractivity contribution in [1.29, 1.82) is 0 Å². The van der Waals surface area contributed by atoms with Crippen molar-refractivity contribution in [3.05, 3.63) is 65.2 Å². The van der Waals surface area contributed by atoms with Crippen LogP contribution in [-0.4, -0.2) is 15.7 Å². The lowest BCUT2D eigenvalue weighted by Crippen LogP contribution is -2.15. The Kier molecular flexibility index (Phi) is 5.97. The molecular weight excluding hydrogens is 358 g/mol. The zero-order valence-corrected chi connectivity index (χ0v) is 16.6. The molecule has 0 spiro atoms. The van der Waals surface area contributed by atoms with E-state index >= 15 is 0 Å². The van der Waals surface area contributed by atoms with E-state index in [0.717, 1.165) is 23.4 Å². The summed E-state index contributed by atoms with van der Waals surface area (Å²) in [5, 5.41) is 8.41. The topological polar surface area (TPSA) is 46.9 Å². The highest BCUT2D eigenvalue weighted by Crippen LogP contribution is 2.26. The van der Waals surface area contributed by atoms with Crippen LogP contribution in [-0.2, 0) is 4.79 Å². The number of hydrogen-bond donors (Lipinski definition) is 1. The van der Waals surface area contributed by atoms with Gasteiger partial charge >= 0.3 is 0 Å². The van der Waals surface area contributed by atoms with Crippen LogP contribution in [0.1, 0.15) is 32.3 Å². The van der Waals surface area contributed by atoms with Gasteiger partial charge in [-0.25, -0.2) is 4.68 Å². The van der Waals surface area contributed by atoms with Crippen LogP contribution in [0.5, 0.6) is 0 Å². The minimum absolute atomic E-state index is 0.000354. The van der Waals surface area contributed by atoms with Gasteiger partial charge in [0.1, 0.15) is 5.82 Å². The number of amides is 1. The zero-order chi connectivity index (χ0) is 19.4. The summed E-state index contributed by atoms with van der Waals surface area (Å²) >= 11 is 5.99. The van der Waals surface area contributed by atoms with Crippen molar-refractivity contribution < 1.29 is 4.79 Å². The Bertz CT molecular complexity index is 912. The van der Waals surface area contributed by atoms with Crippen molar-refractivity contribution in [2.75, 3.05) is 5.32 Å². The van der Waals surface area contributed by atoms with Crippen molar-refractivity contribution in [1.82, 2.24) is 9.78 Å². The van der Waals surface area contributed by atoms with Crippen LogP contribution < -0.4 is 5.32 Å². The van der Waals surface area contributed by atoms with Gasteiger partial charge in [-0.2, -0.15) is 5.10 Å². The number of nitrogens with one attached hydrogen (secondary N) is 1. The highest BCUT2D eigenvalue weighted by Gasteiger charge is 2.14. The third-order valence-corrected chi connectivity index (χ3v) is 4.60. The first-order chi connectivity index (χ1) is 12.9. The number of halogens is 1. The number of nitrogens with zero attached hydrogens (tertiary/aromatic N) is 2. The Labute approximate surface area is 165 Å². The number of aryl methyl sites for hydroxylation is 1. The fourth-order valence-corrected chi connectivity index (χ4v) is 2.87. The van der Waals surface area contributed by atoms with Crippen molar-refractivity contribution in [2.24, 2.45) is 5.92 Å². The van der Waals surface area contributed by atoms with E-state index in [4.69, 9.17) is 16.7 Å². The smallest absolute Gasteiger partial charge is 0.225 e. The summed E-state index contributed by atoms with van der Waals surface area (Å²) in [5.74, 6) is 1.15. The minimum Gasteiger partial charge on any atom is -0.311 e. The quantitative estimate of drug-likeness (QED) is 0.579. The number of carbonyl (C=O) groups excluding carboxylic acids is 1. The summed E-state index contributed by atoms with van der Waals surface area (Å²) in [7, 11) is 0. The summed E-state index contributed by atoms with van der Waals surface area (Å²) in [5.41, 5.74) is 3.81. The maximum Gasteiger partial charge on any atom is 0.225 e. The Hall–Kier alpha value is -2.59. The van der Waals surface area contributed by atoms with Gasteiger partial charge in [0.25, 0.3) is 0 Å². The van der Waals surface area contributed by atoms with Crippen molar-refractivity contribution >= 4 is 23.3 Å². The molecule has 2 aromatic carbocycles. The Morgan fingerprint density at radius 1 is 1.11 bits per heavy atom. The second-order valence-electron chi connectivity index (χ2n) is 7.15. The molecule has 0 atom stereocenters. The summed E-state index contributed by atoms with van der Waals surface area (Å²) in [6.45, 7) is 6.27. The maximum absolute atomic E-state index is 12.4. The molecule has 27 heavy (non-hydrogen) atoms. The first-order valence-corrected chi connectivity index (χ1v) is 9.53. The number of benzene rings is 2. The van der Waals surface area contributed by atoms with E-state index in [2.05, 4.69) is 19.2 Å². The summed E-state index contributed by atoms with van der Waals surface area (Å²) in [6.07, 6.45) is 1.35. The molecule has 0 aliphatic rings. The van der Waals surface area contributed by atoms with Crippen LogP contribution in [0.15, 0.2) is 54.6 Å². The van der Waals surface area contributed by atoms with E-state index in [9.17, 15) is 4.79 Å². The molecule has 3 rings (SSSR count). The van der Waals surface area contributed by atoms with Crippen molar-refractivity contribution in [3.8, 4) is 16.9 Å². The summed E-state index contributed by atoms with van der Waals surface area (Å²) < 4.78 is 1.77. The molecule has 3 aromatic rings. The lowest BCUT2D eigenvalue weighted by atomic mass is 10.1. The molecule has 5 heteroatoms. The summed E-state index contributed by atoms with van der Waals surface area (Å²) in [4.78, 5) is 12.4. The standard InChI is InChI=1S/C22H24ClN3O/c1-15(2)4-13-22(27)24-21-14-20(17-7-9-18(23)10-8-17)25-26(21)19-11-5-16(3)6-12-19/h5-12,14-15H,4,13H2,1-3H3,(H,24,27). The van der Waals surface area contributed by atoms with Gasteiger partial charge in [-0.15, -0.1) is 0 Å². The Balaban J connectivity index is 1.94. The minimum atomic E-state index is -0.000354. The van der Waals surface area contributed by atoms with Gasteiger partial charge in [0.15, 0.2) is 0 Å². The molecule has 0 bridgehead atoms. The molecule has 4 nitrogen and oxygen atoms in total. The predicted molar refractivity (Wildman–Crippen MR) is 111 cm³/mol. The normalized spacial score (nSPS) is 11.0. The molecule has 0 fully saturated rings. The number of rotatable bonds is 6. The fraction of sp³-hybridized carbons (Fsp3) is 0.273. The van der Waals surface area contributed by atoms with E-state index in [-0.39, 0.29) is 5.91 Å². The molecule has 1 heterocycles. The first-order valence-electron chi connectivity index (χ1n) is 9.15. The van der Waals surface area contributed by atoms with Gasteiger partial charge in [0.05, 0.1) is 11.4 Å². The van der Waals surface area contributed by atoms with Gasteiger partial charge in [0.2, 0.25) is 5.91 Å². The molecule has 0 aliphatic heterocycles. The maximum atomic E-state index is 12.4. The largest absolute Gasteiger partial charge is 0.311 e.